The van der Waals surface area contributed by atoms with E-state index in [-0.39, 0.29) is 4.08 Å². The smallest absolute Gasteiger partial charge is 0.0946 e. The van der Waals surface area contributed by atoms with Gasteiger partial charge in [0, 0.05) is 45.5 Å². The molecule has 1 aliphatic rings. The molecule has 124 valence electrons. The van der Waals surface area contributed by atoms with Crippen LogP contribution in [0.15, 0.2) is 30.9 Å². The van der Waals surface area contributed by atoms with E-state index >= 15 is 0 Å². The fraction of sp³-hybridized carbons (Fsp3) is 0.438. The number of hydrogen-bond acceptors (Lipinski definition) is 3. The first kappa shape index (κ1) is 17.8. The molecule has 1 aliphatic heterocycles. The number of imidazole rings is 1. The van der Waals surface area contributed by atoms with Gasteiger partial charge in [-0.15, -0.1) is 23.5 Å². The van der Waals surface area contributed by atoms with Crippen LogP contribution in [0.2, 0.25) is 15.1 Å². The molecule has 0 aliphatic carbocycles. The summed E-state index contributed by atoms with van der Waals surface area (Å²) in [5.74, 6) is 2.42. The maximum atomic E-state index is 6.29. The third-order valence-electron chi connectivity index (χ3n) is 3.89. The summed E-state index contributed by atoms with van der Waals surface area (Å²) < 4.78 is 2.40. The largest absolute Gasteiger partial charge is 0.335 e. The van der Waals surface area contributed by atoms with Crippen LogP contribution in [-0.4, -0.2) is 25.1 Å². The molecule has 7 heteroatoms. The Morgan fingerprint density at radius 3 is 2.43 bits per heavy atom. The van der Waals surface area contributed by atoms with Gasteiger partial charge in [0.2, 0.25) is 0 Å². The molecule has 0 atom stereocenters. The monoisotopic (exact) mass is 406 g/mol. The highest BCUT2D eigenvalue weighted by Gasteiger charge is 2.35. The third-order valence-corrected chi connectivity index (χ3v) is 8.28. The Bertz CT molecular complexity index is 632. The van der Waals surface area contributed by atoms with Crippen LogP contribution in [0, 0.1) is 0 Å². The average molecular weight is 408 g/mol. The van der Waals surface area contributed by atoms with Gasteiger partial charge in [0.05, 0.1) is 10.4 Å². The van der Waals surface area contributed by atoms with Crippen LogP contribution in [0.4, 0.5) is 0 Å². The van der Waals surface area contributed by atoms with Crippen molar-refractivity contribution in [2.24, 2.45) is 0 Å². The van der Waals surface area contributed by atoms with E-state index in [9.17, 15) is 0 Å². The number of halogens is 3. The first-order chi connectivity index (χ1) is 11.1. The Labute approximate surface area is 160 Å². The molecule has 23 heavy (non-hydrogen) atoms. The summed E-state index contributed by atoms with van der Waals surface area (Å²) >= 11 is 22.7. The van der Waals surface area contributed by atoms with Crippen LogP contribution in [0.5, 0.6) is 0 Å². The summed E-state index contributed by atoms with van der Waals surface area (Å²) in [7, 11) is 0. The number of rotatable bonds is 6. The molecule has 0 bridgehead atoms. The second-order valence-corrected chi connectivity index (χ2v) is 10.0. The Hall–Kier alpha value is -0.000000000000000167. The number of thioether (sulfide) groups is 2. The Kier molecular flexibility index (Phi) is 6.13. The van der Waals surface area contributed by atoms with E-state index in [1.165, 1.54) is 11.5 Å². The zero-order valence-corrected chi connectivity index (χ0v) is 16.4. The zero-order valence-electron chi connectivity index (χ0n) is 12.5. The number of aromatic nitrogens is 2. The predicted octanol–water partition coefficient (Wildman–Crippen LogP) is 6.04. The standard InChI is InChI=1S/C16H17Cl3N2S2/c17-12-8-14(18)13(15(19)9-12)2-1-3-16(22-6-7-23-16)10-21-5-4-20-11-21/h4-5,8-9,11H,1-3,6-7,10H2. The van der Waals surface area contributed by atoms with Crippen molar-refractivity contribution in [3.05, 3.63) is 51.5 Å². The van der Waals surface area contributed by atoms with Crippen molar-refractivity contribution >= 4 is 58.3 Å². The summed E-state index contributed by atoms with van der Waals surface area (Å²) in [6.07, 6.45) is 8.82. The molecule has 3 rings (SSSR count). The Morgan fingerprint density at radius 1 is 1.13 bits per heavy atom. The molecule has 2 nitrogen and oxygen atoms in total. The Morgan fingerprint density at radius 2 is 1.83 bits per heavy atom. The lowest BCUT2D eigenvalue weighted by Gasteiger charge is -2.27. The summed E-state index contributed by atoms with van der Waals surface area (Å²) in [5.41, 5.74) is 1.00. The van der Waals surface area contributed by atoms with Gasteiger partial charge in [0.1, 0.15) is 0 Å². The highest BCUT2D eigenvalue weighted by Crippen LogP contribution is 2.48. The fourth-order valence-electron chi connectivity index (χ4n) is 2.82. The molecule has 0 spiro atoms. The molecule has 1 aromatic carbocycles. The summed E-state index contributed by atoms with van der Waals surface area (Å²) in [6, 6.07) is 3.54. The van der Waals surface area contributed by atoms with Crippen LogP contribution in [0.25, 0.3) is 0 Å². The van der Waals surface area contributed by atoms with E-state index in [1.807, 2.05) is 18.7 Å². The predicted molar refractivity (Wildman–Crippen MR) is 104 cm³/mol. The molecule has 1 fully saturated rings. The van der Waals surface area contributed by atoms with Crippen LogP contribution in [0.3, 0.4) is 0 Å². The van der Waals surface area contributed by atoms with Gasteiger partial charge in [0.15, 0.2) is 0 Å². The SMILES string of the molecule is Clc1cc(Cl)c(CCCC2(Cn3ccnc3)SCCS2)c(Cl)c1. The molecule has 0 amide bonds. The summed E-state index contributed by atoms with van der Waals surface area (Å²) in [5, 5.41) is 1.91. The van der Waals surface area contributed by atoms with Crippen molar-refractivity contribution in [1.29, 1.82) is 0 Å². The van der Waals surface area contributed by atoms with Crippen molar-refractivity contribution in [2.75, 3.05) is 11.5 Å². The molecule has 2 heterocycles. The molecule has 1 saturated heterocycles. The van der Waals surface area contributed by atoms with Gasteiger partial charge in [-0.25, -0.2) is 4.98 Å². The normalized spacial score (nSPS) is 16.8. The summed E-state index contributed by atoms with van der Waals surface area (Å²) in [6.45, 7) is 0.990. The maximum Gasteiger partial charge on any atom is 0.0946 e. The topological polar surface area (TPSA) is 17.8 Å². The molecular weight excluding hydrogens is 391 g/mol. The van der Waals surface area contributed by atoms with E-state index in [1.54, 1.807) is 12.1 Å². The van der Waals surface area contributed by atoms with Gasteiger partial charge in [-0.2, -0.15) is 0 Å². The van der Waals surface area contributed by atoms with Gasteiger partial charge in [-0.05, 0) is 37.0 Å². The van der Waals surface area contributed by atoms with Crippen molar-refractivity contribution in [1.82, 2.24) is 9.55 Å². The molecule has 0 radical (unpaired) electrons. The number of benzene rings is 1. The van der Waals surface area contributed by atoms with Crippen molar-refractivity contribution in [3.8, 4) is 0 Å². The van der Waals surface area contributed by atoms with Gasteiger partial charge in [-0.1, -0.05) is 34.8 Å². The van der Waals surface area contributed by atoms with Gasteiger partial charge >= 0.3 is 0 Å². The van der Waals surface area contributed by atoms with E-state index in [2.05, 4.69) is 33.1 Å². The average Bonchev–Trinajstić information content (AvgIpc) is 3.15. The quantitative estimate of drug-likeness (QED) is 0.581. The van der Waals surface area contributed by atoms with Crippen molar-refractivity contribution in [2.45, 2.75) is 29.9 Å². The summed E-state index contributed by atoms with van der Waals surface area (Å²) in [4.78, 5) is 4.15. The van der Waals surface area contributed by atoms with Crippen LogP contribution >= 0.6 is 58.3 Å². The second-order valence-electron chi connectivity index (χ2n) is 5.54. The van der Waals surface area contributed by atoms with Crippen molar-refractivity contribution < 1.29 is 0 Å². The first-order valence-corrected chi connectivity index (χ1v) is 10.6. The van der Waals surface area contributed by atoms with E-state index in [4.69, 9.17) is 34.8 Å². The lowest BCUT2D eigenvalue weighted by molar-refractivity contribution is 0.572. The highest BCUT2D eigenvalue weighted by molar-refractivity contribution is 8.21. The van der Waals surface area contributed by atoms with Crippen LogP contribution in [0.1, 0.15) is 18.4 Å². The third kappa shape index (κ3) is 4.55. The molecular formula is C16H17Cl3N2S2. The van der Waals surface area contributed by atoms with Crippen LogP contribution < -0.4 is 0 Å². The van der Waals surface area contributed by atoms with Crippen molar-refractivity contribution in [3.63, 3.8) is 0 Å². The van der Waals surface area contributed by atoms with Gasteiger partial charge in [0.25, 0.3) is 0 Å². The first-order valence-electron chi connectivity index (χ1n) is 7.45. The lowest BCUT2D eigenvalue weighted by Crippen LogP contribution is -2.24. The Balaban J connectivity index is 1.64. The minimum Gasteiger partial charge on any atom is -0.335 e. The van der Waals surface area contributed by atoms with E-state index in [0.29, 0.717) is 15.1 Å². The number of nitrogens with zero attached hydrogens (tertiary/aromatic N) is 2. The molecule has 0 saturated carbocycles. The fourth-order valence-corrected chi connectivity index (χ4v) is 7.12. The van der Waals surface area contributed by atoms with Crippen LogP contribution in [-0.2, 0) is 13.0 Å². The minimum absolute atomic E-state index is 0.228. The number of hydrogen-bond donors (Lipinski definition) is 0. The second kappa shape index (κ2) is 7.92. The molecule has 0 unspecified atom stereocenters. The zero-order chi connectivity index (χ0) is 16.3. The minimum atomic E-state index is 0.228. The van der Waals surface area contributed by atoms with Gasteiger partial charge < -0.3 is 4.57 Å². The molecule has 1 aromatic heterocycles. The maximum absolute atomic E-state index is 6.29. The van der Waals surface area contributed by atoms with E-state index < -0.39 is 0 Å². The van der Waals surface area contributed by atoms with Gasteiger partial charge in [-0.3, -0.25) is 0 Å². The lowest BCUT2D eigenvalue weighted by atomic mass is 10.1. The molecule has 2 aromatic rings. The molecule has 0 N–H and O–H groups in total. The van der Waals surface area contributed by atoms with E-state index in [0.717, 1.165) is 31.4 Å². The highest BCUT2D eigenvalue weighted by atomic mass is 35.5.